The van der Waals surface area contributed by atoms with Crippen LogP contribution in [0, 0.1) is 0 Å². The van der Waals surface area contributed by atoms with E-state index >= 15 is 0 Å². The zero-order valence-electron chi connectivity index (χ0n) is 8.67. The summed E-state index contributed by atoms with van der Waals surface area (Å²) in [5.74, 6) is 1.41. The van der Waals surface area contributed by atoms with Gasteiger partial charge in [0.25, 0.3) is 0 Å². The van der Waals surface area contributed by atoms with E-state index in [-0.39, 0.29) is 0 Å². The van der Waals surface area contributed by atoms with E-state index in [9.17, 15) is 0 Å². The second-order valence-corrected chi connectivity index (χ2v) is 2.38. The molecule has 0 heterocycles. The first kappa shape index (κ1) is 11.8. The molecule has 0 saturated heterocycles. The highest BCUT2D eigenvalue weighted by atomic mass is 16.5. The summed E-state index contributed by atoms with van der Waals surface area (Å²) in [6.07, 6.45) is 6.54. The van der Waals surface area contributed by atoms with Crippen LogP contribution in [0.15, 0.2) is 36.3 Å². The summed E-state index contributed by atoms with van der Waals surface area (Å²) in [6, 6.07) is 0. The quantitative estimate of drug-likeness (QED) is 0.464. The molecule has 0 aliphatic heterocycles. The number of ether oxygens (including phenoxy) is 2. The van der Waals surface area contributed by atoms with Crippen molar-refractivity contribution in [2.45, 2.75) is 20.3 Å². The van der Waals surface area contributed by atoms with Gasteiger partial charge in [-0.15, -0.1) is 0 Å². The van der Waals surface area contributed by atoms with Crippen LogP contribution in [0.25, 0.3) is 0 Å². The highest BCUT2D eigenvalue weighted by Crippen LogP contribution is 2.10. The molecule has 0 spiro atoms. The van der Waals surface area contributed by atoms with Crippen LogP contribution in [-0.2, 0) is 9.47 Å². The zero-order chi connectivity index (χ0) is 10.1. The number of methoxy groups -OCH3 is 1. The Kier molecular flexibility index (Phi) is 6.79. The van der Waals surface area contributed by atoms with Gasteiger partial charge in [-0.3, -0.25) is 0 Å². The number of hydrogen-bond donors (Lipinski definition) is 0. The smallest absolute Gasteiger partial charge is 0.160 e. The molecule has 74 valence electrons. The third-order valence-corrected chi connectivity index (χ3v) is 1.45. The van der Waals surface area contributed by atoms with Crippen LogP contribution in [0.3, 0.4) is 0 Å². The minimum Gasteiger partial charge on any atom is -0.493 e. The predicted octanol–water partition coefficient (Wildman–Crippen LogP) is 3.03. The third kappa shape index (κ3) is 4.41. The lowest BCUT2D eigenvalue weighted by molar-refractivity contribution is 0.205. The molecule has 0 radical (unpaired) electrons. The molecule has 0 N–H and O–H groups in total. The molecule has 0 rings (SSSR count). The second-order valence-electron chi connectivity index (χ2n) is 2.38. The van der Waals surface area contributed by atoms with Crippen LogP contribution in [0.2, 0.25) is 0 Å². The molecule has 0 aromatic rings. The monoisotopic (exact) mass is 182 g/mol. The van der Waals surface area contributed by atoms with Crippen molar-refractivity contribution in [2.24, 2.45) is 0 Å². The first-order valence-corrected chi connectivity index (χ1v) is 4.50. The molecular formula is C11H18O2. The highest BCUT2D eigenvalue weighted by molar-refractivity contribution is 5.23. The Labute approximate surface area is 80.5 Å². The van der Waals surface area contributed by atoms with Gasteiger partial charge in [-0.05, 0) is 25.5 Å². The van der Waals surface area contributed by atoms with E-state index in [1.165, 1.54) is 0 Å². The lowest BCUT2D eigenvalue weighted by Crippen LogP contribution is -1.95. The summed E-state index contributed by atoms with van der Waals surface area (Å²) in [5, 5.41) is 0. The Morgan fingerprint density at radius 2 is 2.00 bits per heavy atom. The Bertz CT molecular complexity index is 202. The molecule has 2 heteroatoms. The van der Waals surface area contributed by atoms with Crippen LogP contribution in [-0.4, -0.2) is 13.7 Å². The van der Waals surface area contributed by atoms with Crippen molar-refractivity contribution < 1.29 is 9.47 Å². The van der Waals surface area contributed by atoms with Gasteiger partial charge in [0.05, 0.1) is 13.7 Å². The summed E-state index contributed by atoms with van der Waals surface area (Å²) in [7, 11) is 1.62. The largest absolute Gasteiger partial charge is 0.493 e. The Morgan fingerprint density at radius 1 is 1.31 bits per heavy atom. The van der Waals surface area contributed by atoms with E-state index in [4.69, 9.17) is 9.47 Å². The molecule has 13 heavy (non-hydrogen) atoms. The topological polar surface area (TPSA) is 18.5 Å². The maximum Gasteiger partial charge on any atom is 0.160 e. The SMILES string of the molecule is C=C/C(OCC)=C(\C=C\CC)OC. The number of hydrogen-bond acceptors (Lipinski definition) is 2. The first-order chi connectivity index (χ1) is 6.29. The van der Waals surface area contributed by atoms with Crippen LogP contribution in [0.1, 0.15) is 20.3 Å². The van der Waals surface area contributed by atoms with Gasteiger partial charge < -0.3 is 9.47 Å². The molecule has 0 saturated carbocycles. The molecule has 0 aromatic carbocycles. The molecular weight excluding hydrogens is 164 g/mol. The molecule has 0 unspecified atom stereocenters. The van der Waals surface area contributed by atoms with Gasteiger partial charge in [0.1, 0.15) is 0 Å². The van der Waals surface area contributed by atoms with E-state index < -0.39 is 0 Å². The van der Waals surface area contributed by atoms with Gasteiger partial charge in [0.15, 0.2) is 11.5 Å². The van der Waals surface area contributed by atoms with Gasteiger partial charge in [0, 0.05) is 0 Å². The molecule has 0 bridgehead atoms. The average Bonchev–Trinajstić information content (AvgIpc) is 2.17. The van der Waals surface area contributed by atoms with Gasteiger partial charge in [0.2, 0.25) is 0 Å². The van der Waals surface area contributed by atoms with Gasteiger partial charge in [-0.25, -0.2) is 0 Å². The molecule has 0 aliphatic rings. The summed E-state index contributed by atoms with van der Waals surface area (Å²) >= 11 is 0. The van der Waals surface area contributed by atoms with Crippen molar-refractivity contribution in [1.29, 1.82) is 0 Å². The fourth-order valence-corrected chi connectivity index (χ4v) is 0.862. The normalized spacial score (nSPS) is 12.5. The maximum atomic E-state index is 5.33. The molecule has 0 atom stereocenters. The van der Waals surface area contributed by atoms with Crippen molar-refractivity contribution in [3.8, 4) is 0 Å². The Hall–Kier alpha value is -1.18. The lowest BCUT2D eigenvalue weighted by atomic mass is 10.3. The highest BCUT2D eigenvalue weighted by Gasteiger charge is 2.00. The van der Waals surface area contributed by atoms with Crippen molar-refractivity contribution in [3.05, 3.63) is 36.3 Å². The molecule has 2 nitrogen and oxygen atoms in total. The predicted molar refractivity (Wildman–Crippen MR) is 55.3 cm³/mol. The summed E-state index contributed by atoms with van der Waals surface area (Å²) in [5.41, 5.74) is 0. The minimum absolute atomic E-state index is 0.619. The molecule has 0 aromatic heterocycles. The van der Waals surface area contributed by atoms with Crippen LogP contribution in [0.5, 0.6) is 0 Å². The van der Waals surface area contributed by atoms with Crippen molar-refractivity contribution >= 4 is 0 Å². The maximum absolute atomic E-state index is 5.33. The van der Waals surface area contributed by atoms with Crippen LogP contribution < -0.4 is 0 Å². The summed E-state index contributed by atoms with van der Waals surface area (Å²) in [4.78, 5) is 0. The van der Waals surface area contributed by atoms with Gasteiger partial charge in [-0.2, -0.15) is 0 Å². The molecule has 0 fully saturated rings. The van der Waals surface area contributed by atoms with Crippen molar-refractivity contribution in [2.75, 3.05) is 13.7 Å². The van der Waals surface area contributed by atoms with Crippen LogP contribution >= 0.6 is 0 Å². The van der Waals surface area contributed by atoms with E-state index in [1.807, 2.05) is 19.1 Å². The average molecular weight is 182 g/mol. The standard InChI is InChI=1S/C11H18O2/c1-5-8-9-11(12-4)10(6-2)13-7-3/h6,8-9H,2,5,7H2,1,3-4H3/b9-8+,11-10-. The van der Waals surface area contributed by atoms with Crippen molar-refractivity contribution in [1.82, 2.24) is 0 Å². The molecule has 0 aliphatic carbocycles. The minimum atomic E-state index is 0.619. The summed E-state index contributed by atoms with van der Waals surface area (Å²) in [6.45, 7) is 8.28. The van der Waals surface area contributed by atoms with Gasteiger partial charge in [-0.1, -0.05) is 19.6 Å². The Morgan fingerprint density at radius 3 is 2.38 bits per heavy atom. The fraction of sp³-hybridized carbons (Fsp3) is 0.455. The fourth-order valence-electron chi connectivity index (χ4n) is 0.862. The van der Waals surface area contributed by atoms with E-state index in [1.54, 1.807) is 13.2 Å². The summed E-state index contributed by atoms with van der Waals surface area (Å²) < 4.78 is 10.5. The molecule has 0 amide bonds. The zero-order valence-corrected chi connectivity index (χ0v) is 8.67. The van der Waals surface area contributed by atoms with Gasteiger partial charge >= 0.3 is 0 Å². The first-order valence-electron chi connectivity index (χ1n) is 4.50. The third-order valence-electron chi connectivity index (χ3n) is 1.45. The van der Waals surface area contributed by atoms with Crippen molar-refractivity contribution in [3.63, 3.8) is 0 Å². The number of allylic oxidation sites excluding steroid dienone is 3. The Balaban J connectivity index is 4.60. The van der Waals surface area contributed by atoms with Crippen LogP contribution in [0.4, 0.5) is 0 Å². The number of rotatable bonds is 6. The lowest BCUT2D eigenvalue weighted by Gasteiger charge is -2.07. The van der Waals surface area contributed by atoms with E-state index in [2.05, 4.69) is 13.5 Å². The second kappa shape index (κ2) is 7.47. The van der Waals surface area contributed by atoms with E-state index in [0.29, 0.717) is 12.4 Å². The van der Waals surface area contributed by atoms with E-state index in [0.717, 1.165) is 12.2 Å².